The Hall–Kier alpha value is -4.30. The molecule has 0 fully saturated rings. The van der Waals surface area contributed by atoms with E-state index in [0.29, 0.717) is 0 Å². The Morgan fingerprint density at radius 3 is 1.09 bits per heavy atom. The van der Waals surface area contributed by atoms with Crippen molar-refractivity contribution >= 4 is 64.6 Å². The van der Waals surface area contributed by atoms with Crippen LogP contribution in [0.15, 0.2) is 97.1 Å². The van der Waals surface area contributed by atoms with Gasteiger partial charge in [-0.2, -0.15) is 0 Å². The van der Waals surface area contributed by atoms with E-state index in [9.17, 15) is 0 Å². The minimum absolute atomic E-state index is 0.900. The van der Waals surface area contributed by atoms with Crippen molar-refractivity contribution in [3.63, 3.8) is 0 Å². The molecule has 7 aromatic carbocycles. The van der Waals surface area contributed by atoms with Crippen molar-refractivity contribution in [2.24, 2.45) is 0 Å². The number of methoxy groups -OCH3 is 2. The summed E-state index contributed by atoms with van der Waals surface area (Å²) in [7, 11) is 3.48. The summed E-state index contributed by atoms with van der Waals surface area (Å²) in [6.45, 7) is 0. The largest absolute Gasteiger partial charge is 0.496 e. The molecule has 0 aromatic heterocycles. The van der Waals surface area contributed by atoms with Crippen LogP contribution in [-0.4, -0.2) is 14.2 Å². The molecule has 0 saturated carbocycles. The van der Waals surface area contributed by atoms with Gasteiger partial charge in [-0.1, -0.05) is 84.9 Å². The number of rotatable bonds is 2. The molecule has 0 amide bonds. The summed E-state index contributed by atoms with van der Waals surface area (Å²) in [5, 5.41) is 14.7. The summed E-state index contributed by atoms with van der Waals surface area (Å²) in [5.41, 5.74) is 0. The zero-order valence-electron chi connectivity index (χ0n) is 19.1. The minimum Gasteiger partial charge on any atom is -0.496 e. The molecule has 0 unspecified atom stereocenters. The summed E-state index contributed by atoms with van der Waals surface area (Å²) < 4.78 is 11.4. The van der Waals surface area contributed by atoms with E-state index in [0.717, 1.165) is 22.3 Å². The fourth-order valence-electron chi connectivity index (χ4n) is 5.69. The molecular formula is C32H22O2. The van der Waals surface area contributed by atoms with Crippen molar-refractivity contribution in [3.8, 4) is 11.5 Å². The quantitative estimate of drug-likeness (QED) is 0.252. The first kappa shape index (κ1) is 19.2. The van der Waals surface area contributed by atoms with E-state index in [-0.39, 0.29) is 0 Å². The number of fused-ring (bicyclic) bond motifs is 11. The van der Waals surface area contributed by atoms with Crippen molar-refractivity contribution in [2.75, 3.05) is 14.2 Å². The Kier molecular flexibility index (Phi) is 4.01. The van der Waals surface area contributed by atoms with E-state index in [4.69, 9.17) is 9.47 Å². The van der Waals surface area contributed by atoms with Crippen LogP contribution in [0.5, 0.6) is 11.5 Å². The lowest BCUT2D eigenvalue weighted by Gasteiger charge is -2.15. The van der Waals surface area contributed by atoms with Gasteiger partial charge in [-0.05, 0) is 66.0 Å². The standard InChI is InChI=1S/C32H22O2/c1-33-27-7-3-5-25-23(27)17-15-19-9-11-21-13-14-22-12-10-20-16-18-24-26(6-4-8-28(24)34-2)30(20)32(22)31(21)29(19)25/h3-18H,1-2H3. The topological polar surface area (TPSA) is 18.5 Å². The maximum atomic E-state index is 5.72. The third kappa shape index (κ3) is 2.51. The molecule has 0 spiro atoms. The monoisotopic (exact) mass is 438 g/mol. The van der Waals surface area contributed by atoms with E-state index < -0.39 is 0 Å². The van der Waals surface area contributed by atoms with Crippen LogP contribution in [0.1, 0.15) is 0 Å². The lowest BCUT2D eigenvalue weighted by Crippen LogP contribution is -1.89. The summed E-state index contributed by atoms with van der Waals surface area (Å²) in [6, 6.07) is 34.9. The molecule has 34 heavy (non-hydrogen) atoms. The SMILES string of the molecule is COc1cccc2c1ccc1ccc3ccc4ccc5ccc6c(OC)cccc6c5c4c3c12. The van der Waals surface area contributed by atoms with Gasteiger partial charge in [0.2, 0.25) is 0 Å². The molecule has 162 valence electrons. The van der Waals surface area contributed by atoms with Gasteiger partial charge in [-0.3, -0.25) is 0 Å². The van der Waals surface area contributed by atoms with Crippen LogP contribution in [0, 0.1) is 0 Å². The van der Waals surface area contributed by atoms with Crippen molar-refractivity contribution < 1.29 is 9.47 Å². The van der Waals surface area contributed by atoms with Crippen LogP contribution in [0.4, 0.5) is 0 Å². The highest BCUT2D eigenvalue weighted by Crippen LogP contribution is 2.43. The molecule has 7 aromatic rings. The van der Waals surface area contributed by atoms with Gasteiger partial charge in [0.1, 0.15) is 11.5 Å². The highest BCUT2D eigenvalue weighted by Gasteiger charge is 2.15. The highest BCUT2D eigenvalue weighted by atomic mass is 16.5. The smallest absolute Gasteiger partial charge is 0.126 e. The van der Waals surface area contributed by atoms with Gasteiger partial charge in [0.25, 0.3) is 0 Å². The summed E-state index contributed by atoms with van der Waals surface area (Å²) in [5.74, 6) is 1.80. The first-order valence-electron chi connectivity index (χ1n) is 11.5. The second-order valence-electron chi connectivity index (χ2n) is 8.83. The van der Waals surface area contributed by atoms with E-state index in [2.05, 4.69) is 84.9 Å². The summed E-state index contributed by atoms with van der Waals surface area (Å²) in [6.07, 6.45) is 0. The number of hydrogen-bond donors (Lipinski definition) is 0. The third-order valence-corrected chi connectivity index (χ3v) is 7.20. The van der Waals surface area contributed by atoms with Crippen molar-refractivity contribution in [3.05, 3.63) is 97.1 Å². The molecule has 0 aliphatic carbocycles. The molecule has 0 aliphatic rings. The highest BCUT2D eigenvalue weighted by molar-refractivity contribution is 6.35. The molecule has 0 radical (unpaired) electrons. The van der Waals surface area contributed by atoms with Crippen molar-refractivity contribution in [2.45, 2.75) is 0 Å². The molecule has 0 aliphatic heterocycles. The molecule has 0 N–H and O–H groups in total. The lowest BCUT2D eigenvalue weighted by molar-refractivity contribution is 0.420. The zero-order chi connectivity index (χ0) is 22.8. The first-order valence-corrected chi connectivity index (χ1v) is 11.5. The maximum Gasteiger partial charge on any atom is 0.126 e. The average molecular weight is 439 g/mol. The fourth-order valence-corrected chi connectivity index (χ4v) is 5.69. The minimum atomic E-state index is 0.900. The van der Waals surface area contributed by atoms with Crippen molar-refractivity contribution in [1.82, 2.24) is 0 Å². The van der Waals surface area contributed by atoms with Crippen molar-refractivity contribution in [1.29, 1.82) is 0 Å². The maximum absolute atomic E-state index is 5.72. The van der Waals surface area contributed by atoms with E-state index in [1.807, 2.05) is 12.1 Å². The normalized spacial score (nSPS) is 11.8. The molecule has 2 heteroatoms. The number of hydrogen-bond acceptors (Lipinski definition) is 2. The molecule has 7 rings (SSSR count). The van der Waals surface area contributed by atoms with Crippen LogP contribution in [0.3, 0.4) is 0 Å². The van der Waals surface area contributed by atoms with E-state index >= 15 is 0 Å². The molecule has 0 bridgehead atoms. The van der Waals surface area contributed by atoms with Gasteiger partial charge in [0, 0.05) is 10.8 Å². The predicted molar refractivity (Wildman–Crippen MR) is 145 cm³/mol. The molecule has 0 atom stereocenters. The Morgan fingerprint density at radius 1 is 0.353 bits per heavy atom. The van der Waals surface area contributed by atoms with Crippen LogP contribution in [-0.2, 0) is 0 Å². The zero-order valence-corrected chi connectivity index (χ0v) is 19.1. The molecule has 0 heterocycles. The lowest BCUT2D eigenvalue weighted by atomic mass is 9.89. The van der Waals surface area contributed by atoms with Crippen LogP contribution < -0.4 is 9.47 Å². The summed E-state index contributed by atoms with van der Waals surface area (Å²) in [4.78, 5) is 0. The number of benzene rings is 7. The Labute approximate surface area is 196 Å². The van der Waals surface area contributed by atoms with Gasteiger partial charge in [0.15, 0.2) is 0 Å². The van der Waals surface area contributed by atoms with Gasteiger partial charge in [0.05, 0.1) is 14.2 Å². The average Bonchev–Trinajstić information content (AvgIpc) is 2.90. The Balaban J connectivity index is 1.83. The van der Waals surface area contributed by atoms with Gasteiger partial charge < -0.3 is 9.47 Å². The second kappa shape index (κ2) is 7.10. The molecule has 2 nitrogen and oxygen atoms in total. The Bertz CT molecular complexity index is 1780. The van der Waals surface area contributed by atoms with Crippen LogP contribution >= 0.6 is 0 Å². The van der Waals surface area contributed by atoms with Gasteiger partial charge in [-0.25, -0.2) is 0 Å². The number of ether oxygens (including phenoxy) is 2. The van der Waals surface area contributed by atoms with Crippen LogP contribution in [0.2, 0.25) is 0 Å². The first-order chi connectivity index (χ1) is 16.8. The second-order valence-corrected chi connectivity index (χ2v) is 8.83. The Morgan fingerprint density at radius 2 is 0.706 bits per heavy atom. The predicted octanol–water partition coefficient (Wildman–Crippen LogP) is 8.62. The van der Waals surface area contributed by atoms with E-state index in [1.165, 1.54) is 53.9 Å². The van der Waals surface area contributed by atoms with Gasteiger partial charge >= 0.3 is 0 Å². The van der Waals surface area contributed by atoms with Gasteiger partial charge in [-0.15, -0.1) is 0 Å². The summed E-state index contributed by atoms with van der Waals surface area (Å²) >= 11 is 0. The van der Waals surface area contributed by atoms with E-state index in [1.54, 1.807) is 14.2 Å². The third-order valence-electron chi connectivity index (χ3n) is 7.20. The fraction of sp³-hybridized carbons (Fsp3) is 0.0625. The molecular weight excluding hydrogens is 416 g/mol. The molecule has 0 saturated heterocycles. The van der Waals surface area contributed by atoms with Crippen LogP contribution in [0.25, 0.3) is 64.6 Å².